The van der Waals surface area contributed by atoms with Crippen molar-refractivity contribution >= 4 is 11.6 Å². The number of nitrogens with zero attached hydrogens (tertiary/aromatic N) is 1. The number of hydrogen-bond donors (Lipinski definition) is 1. The number of halogens is 1. The zero-order valence-electron chi connectivity index (χ0n) is 10.8. The van der Waals surface area contributed by atoms with Gasteiger partial charge in [0, 0.05) is 22.3 Å². The molecule has 0 fully saturated rings. The minimum Gasteiger partial charge on any atom is -0.506 e. The van der Waals surface area contributed by atoms with Crippen LogP contribution in [0.25, 0.3) is 0 Å². The summed E-state index contributed by atoms with van der Waals surface area (Å²) in [5.74, 6) is 0.232. The first-order valence-corrected chi connectivity index (χ1v) is 6.48. The zero-order chi connectivity index (χ0) is 13.6. The van der Waals surface area contributed by atoms with E-state index in [1.807, 2.05) is 31.2 Å². The average Bonchev–Trinajstić information content (AvgIpc) is 2.74. The highest BCUT2D eigenvalue weighted by atomic mass is 35.5. The molecule has 3 rings (SSSR count). The summed E-state index contributed by atoms with van der Waals surface area (Å²) in [6.07, 6.45) is 1.78. The molecule has 19 heavy (non-hydrogen) atoms. The number of rotatable bonds is 1. The standard InChI is InChI=1S/C15H14ClNO2/c1-9-14(18)12-8-19-15(2,13(12)7-17-9)10-3-5-11(16)6-4-10/h3-7,18H,8H2,1-2H3/t15-/m1/s1. The molecule has 2 heterocycles. The molecule has 0 spiro atoms. The molecule has 0 radical (unpaired) electrons. The molecule has 1 N–H and O–H groups in total. The van der Waals surface area contributed by atoms with Gasteiger partial charge in [0.05, 0.1) is 12.3 Å². The summed E-state index contributed by atoms with van der Waals surface area (Å²) in [7, 11) is 0. The average molecular weight is 276 g/mol. The van der Waals surface area contributed by atoms with E-state index in [-0.39, 0.29) is 5.75 Å². The highest BCUT2D eigenvalue weighted by Crippen LogP contribution is 2.44. The van der Waals surface area contributed by atoms with Crippen LogP contribution in [-0.2, 0) is 16.9 Å². The molecule has 4 heteroatoms. The van der Waals surface area contributed by atoms with Gasteiger partial charge in [-0.25, -0.2) is 0 Å². The van der Waals surface area contributed by atoms with Crippen molar-refractivity contribution in [1.29, 1.82) is 0 Å². The fourth-order valence-corrected chi connectivity index (χ4v) is 2.63. The van der Waals surface area contributed by atoms with Crippen LogP contribution in [0.2, 0.25) is 5.02 Å². The first kappa shape index (κ1) is 12.5. The second kappa shape index (κ2) is 4.22. The summed E-state index contributed by atoms with van der Waals surface area (Å²) in [6, 6.07) is 7.55. The fourth-order valence-electron chi connectivity index (χ4n) is 2.50. The number of fused-ring (bicyclic) bond motifs is 1. The Kier molecular flexibility index (Phi) is 2.77. The smallest absolute Gasteiger partial charge is 0.142 e. The predicted octanol–water partition coefficient (Wildman–Crippen LogP) is 3.54. The van der Waals surface area contributed by atoms with Crippen molar-refractivity contribution in [2.75, 3.05) is 0 Å². The number of ether oxygens (including phenoxy) is 1. The second-order valence-electron chi connectivity index (χ2n) is 4.91. The predicted molar refractivity (Wildman–Crippen MR) is 73.3 cm³/mol. The molecule has 0 unspecified atom stereocenters. The normalized spacial score (nSPS) is 21.4. The molecule has 0 saturated carbocycles. The highest BCUT2D eigenvalue weighted by Gasteiger charge is 2.39. The van der Waals surface area contributed by atoms with E-state index in [9.17, 15) is 5.11 Å². The lowest BCUT2D eigenvalue weighted by Gasteiger charge is -2.25. The summed E-state index contributed by atoms with van der Waals surface area (Å²) in [6.45, 7) is 4.16. The molecule has 1 aromatic carbocycles. The zero-order valence-corrected chi connectivity index (χ0v) is 11.5. The van der Waals surface area contributed by atoms with Gasteiger partial charge in [0.25, 0.3) is 0 Å². The Morgan fingerprint density at radius 2 is 2.00 bits per heavy atom. The molecule has 0 saturated heterocycles. The van der Waals surface area contributed by atoms with Crippen LogP contribution in [0.4, 0.5) is 0 Å². The van der Waals surface area contributed by atoms with E-state index in [1.54, 1.807) is 13.1 Å². The van der Waals surface area contributed by atoms with Crippen LogP contribution < -0.4 is 0 Å². The van der Waals surface area contributed by atoms with Crippen LogP contribution in [0.3, 0.4) is 0 Å². The van der Waals surface area contributed by atoms with Gasteiger partial charge in [-0.05, 0) is 31.5 Å². The highest BCUT2D eigenvalue weighted by molar-refractivity contribution is 6.30. The number of aromatic nitrogens is 1. The SMILES string of the molecule is Cc1ncc2c(c1O)CO[C@]2(C)c1ccc(Cl)cc1. The van der Waals surface area contributed by atoms with E-state index in [0.717, 1.165) is 16.7 Å². The minimum absolute atomic E-state index is 0.232. The monoisotopic (exact) mass is 275 g/mol. The summed E-state index contributed by atoms with van der Waals surface area (Å²) in [5, 5.41) is 10.8. The Hall–Kier alpha value is -1.58. The molecule has 2 aromatic rings. The molecule has 0 amide bonds. The molecule has 0 aliphatic carbocycles. The van der Waals surface area contributed by atoms with Crippen LogP contribution >= 0.6 is 11.6 Å². The van der Waals surface area contributed by atoms with Gasteiger partial charge in [0.2, 0.25) is 0 Å². The Morgan fingerprint density at radius 1 is 1.32 bits per heavy atom. The van der Waals surface area contributed by atoms with Gasteiger partial charge in [-0.2, -0.15) is 0 Å². The molecule has 0 bridgehead atoms. The number of aromatic hydroxyl groups is 1. The maximum absolute atomic E-state index is 10.1. The van der Waals surface area contributed by atoms with E-state index in [2.05, 4.69) is 4.98 Å². The van der Waals surface area contributed by atoms with Crippen molar-refractivity contribution in [2.24, 2.45) is 0 Å². The van der Waals surface area contributed by atoms with Crippen molar-refractivity contribution in [3.8, 4) is 5.75 Å². The maximum atomic E-state index is 10.1. The first-order chi connectivity index (χ1) is 9.02. The molecular weight excluding hydrogens is 262 g/mol. The molecule has 1 atom stereocenters. The van der Waals surface area contributed by atoms with Gasteiger partial charge in [-0.15, -0.1) is 0 Å². The van der Waals surface area contributed by atoms with E-state index < -0.39 is 5.60 Å². The Labute approximate surface area is 116 Å². The fraction of sp³-hybridized carbons (Fsp3) is 0.267. The molecule has 98 valence electrons. The number of pyridine rings is 1. The summed E-state index contributed by atoms with van der Waals surface area (Å²) in [5.41, 5.74) is 2.78. The number of benzene rings is 1. The van der Waals surface area contributed by atoms with Crippen molar-refractivity contribution in [1.82, 2.24) is 4.98 Å². The Morgan fingerprint density at radius 3 is 2.68 bits per heavy atom. The maximum Gasteiger partial charge on any atom is 0.142 e. The van der Waals surface area contributed by atoms with Crippen LogP contribution in [0.1, 0.15) is 29.3 Å². The van der Waals surface area contributed by atoms with E-state index >= 15 is 0 Å². The Balaban J connectivity index is 2.15. The van der Waals surface area contributed by atoms with Crippen molar-refractivity contribution in [3.05, 3.63) is 57.9 Å². The van der Waals surface area contributed by atoms with Crippen LogP contribution in [0.5, 0.6) is 5.75 Å². The third-order valence-electron chi connectivity index (χ3n) is 3.76. The lowest BCUT2D eigenvalue weighted by molar-refractivity contribution is 0.00934. The van der Waals surface area contributed by atoms with Crippen LogP contribution in [0.15, 0.2) is 30.5 Å². The van der Waals surface area contributed by atoms with Gasteiger partial charge in [0.15, 0.2) is 0 Å². The van der Waals surface area contributed by atoms with Gasteiger partial charge < -0.3 is 9.84 Å². The topological polar surface area (TPSA) is 42.4 Å². The summed E-state index contributed by atoms with van der Waals surface area (Å²) < 4.78 is 5.93. The van der Waals surface area contributed by atoms with Crippen molar-refractivity contribution in [2.45, 2.75) is 26.1 Å². The molecular formula is C15H14ClNO2. The third-order valence-corrected chi connectivity index (χ3v) is 4.01. The molecule has 1 aliphatic rings. The second-order valence-corrected chi connectivity index (χ2v) is 5.35. The van der Waals surface area contributed by atoms with Crippen LogP contribution in [0, 0.1) is 6.92 Å². The largest absolute Gasteiger partial charge is 0.506 e. The number of aryl methyl sites for hydroxylation is 1. The summed E-state index contributed by atoms with van der Waals surface area (Å²) >= 11 is 5.92. The van der Waals surface area contributed by atoms with Gasteiger partial charge in [-0.3, -0.25) is 4.98 Å². The van der Waals surface area contributed by atoms with E-state index in [1.165, 1.54) is 0 Å². The van der Waals surface area contributed by atoms with Gasteiger partial charge in [-0.1, -0.05) is 23.7 Å². The van der Waals surface area contributed by atoms with Crippen molar-refractivity contribution in [3.63, 3.8) is 0 Å². The van der Waals surface area contributed by atoms with Gasteiger partial charge >= 0.3 is 0 Å². The Bertz CT molecular complexity index is 639. The third kappa shape index (κ3) is 1.81. The molecule has 1 aromatic heterocycles. The molecule has 3 nitrogen and oxygen atoms in total. The number of hydrogen-bond acceptors (Lipinski definition) is 3. The molecule has 1 aliphatic heterocycles. The lowest BCUT2D eigenvalue weighted by atomic mass is 9.88. The van der Waals surface area contributed by atoms with Crippen molar-refractivity contribution < 1.29 is 9.84 Å². The van der Waals surface area contributed by atoms with Gasteiger partial charge in [0.1, 0.15) is 11.4 Å². The summed E-state index contributed by atoms with van der Waals surface area (Å²) in [4.78, 5) is 4.23. The van der Waals surface area contributed by atoms with Crippen LogP contribution in [-0.4, -0.2) is 10.1 Å². The first-order valence-electron chi connectivity index (χ1n) is 6.10. The van der Waals surface area contributed by atoms with E-state index in [0.29, 0.717) is 17.3 Å². The quantitative estimate of drug-likeness (QED) is 0.865. The minimum atomic E-state index is -0.585. The van der Waals surface area contributed by atoms with E-state index in [4.69, 9.17) is 16.3 Å². The lowest BCUT2D eigenvalue weighted by Crippen LogP contribution is -2.22.